The number of ether oxygens (including phenoxy) is 1. The van der Waals surface area contributed by atoms with Crippen LogP contribution in [-0.2, 0) is 4.79 Å². The minimum absolute atomic E-state index is 0.0550. The minimum Gasteiger partial charge on any atom is -0.457 e. The molecule has 1 atom stereocenters. The van der Waals surface area contributed by atoms with Crippen molar-refractivity contribution in [1.29, 1.82) is 0 Å². The van der Waals surface area contributed by atoms with E-state index in [4.69, 9.17) is 4.74 Å². The molecular formula is C16H16N2O2. The Labute approximate surface area is 118 Å². The Morgan fingerprint density at radius 1 is 1.10 bits per heavy atom. The normalized spacial score (nSPS) is 17.2. The van der Waals surface area contributed by atoms with E-state index in [0.717, 1.165) is 22.7 Å². The van der Waals surface area contributed by atoms with Crippen molar-refractivity contribution in [3.63, 3.8) is 0 Å². The summed E-state index contributed by atoms with van der Waals surface area (Å²) in [5.74, 6) is 1.57. The van der Waals surface area contributed by atoms with E-state index in [1.54, 1.807) is 19.0 Å². The van der Waals surface area contributed by atoms with Crippen LogP contribution in [0.5, 0.6) is 11.5 Å². The fourth-order valence-electron chi connectivity index (χ4n) is 2.48. The molecule has 1 unspecified atom stereocenters. The summed E-state index contributed by atoms with van der Waals surface area (Å²) in [6.45, 7) is 0. The molecule has 0 aromatic heterocycles. The van der Waals surface area contributed by atoms with Gasteiger partial charge in [0.2, 0.25) is 5.91 Å². The maximum atomic E-state index is 12.1. The van der Waals surface area contributed by atoms with Gasteiger partial charge in [0.15, 0.2) is 0 Å². The summed E-state index contributed by atoms with van der Waals surface area (Å²) in [5, 5.41) is 3.04. The van der Waals surface area contributed by atoms with Crippen molar-refractivity contribution >= 4 is 11.6 Å². The number of para-hydroxylation sites is 1. The fourth-order valence-corrected chi connectivity index (χ4v) is 2.48. The Morgan fingerprint density at radius 3 is 2.55 bits per heavy atom. The number of rotatable bonds is 3. The van der Waals surface area contributed by atoms with Gasteiger partial charge in [-0.2, -0.15) is 0 Å². The first-order valence-electron chi connectivity index (χ1n) is 6.52. The molecule has 2 aromatic rings. The number of fused-ring (bicyclic) bond motifs is 1. The van der Waals surface area contributed by atoms with Crippen molar-refractivity contribution < 1.29 is 9.53 Å². The predicted octanol–water partition coefficient (Wildman–Crippen LogP) is 2.72. The molecule has 0 spiro atoms. The van der Waals surface area contributed by atoms with E-state index in [0.29, 0.717) is 0 Å². The second kappa shape index (κ2) is 4.98. The zero-order chi connectivity index (χ0) is 14.1. The van der Waals surface area contributed by atoms with Crippen molar-refractivity contribution in [2.24, 2.45) is 0 Å². The van der Waals surface area contributed by atoms with E-state index in [-0.39, 0.29) is 11.9 Å². The van der Waals surface area contributed by atoms with Crippen LogP contribution in [0, 0.1) is 0 Å². The summed E-state index contributed by atoms with van der Waals surface area (Å²) in [5.41, 5.74) is 1.88. The van der Waals surface area contributed by atoms with Crippen LogP contribution in [0.3, 0.4) is 0 Å². The molecule has 1 N–H and O–H groups in total. The highest BCUT2D eigenvalue weighted by Crippen LogP contribution is 2.37. The summed E-state index contributed by atoms with van der Waals surface area (Å²) >= 11 is 0. The second-order valence-corrected chi connectivity index (χ2v) is 4.75. The number of carbonyl (C=O) groups is 1. The van der Waals surface area contributed by atoms with E-state index < -0.39 is 0 Å². The highest BCUT2D eigenvalue weighted by molar-refractivity contribution is 6.04. The van der Waals surface area contributed by atoms with Crippen molar-refractivity contribution in [1.82, 2.24) is 5.32 Å². The first kappa shape index (κ1) is 12.7. The third-order valence-corrected chi connectivity index (χ3v) is 3.52. The molecule has 0 saturated heterocycles. The van der Waals surface area contributed by atoms with Crippen molar-refractivity contribution in [3.8, 4) is 11.5 Å². The van der Waals surface area contributed by atoms with Crippen LogP contribution >= 0.6 is 0 Å². The summed E-state index contributed by atoms with van der Waals surface area (Å²) in [4.78, 5) is 13.8. The molecule has 102 valence electrons. The molecule has 1 aliphatic rings. The van der Waals surface area contributed by atoms with Crippen LogP contribution in [0.2, 0.25) is 0 Å². The SMILES string of the molecule is CNC1C(=O)N(C)c2ccc(Oc3ccccc3)cc21. The molecule has 1 aliphatic heterocycles. The van der Waals surface area contributed by atoms with Crippen LogP contribution in [0.1, 0.15) is 11.6 Å². The molecule has 0 saturated carbocycles. The lowest BCUT2D eigenvalue weighted by atomic mass is 10.1. The molecule has 2 aromatic carbocycles. The Bertz CT molecular complexity index is 640. The first-order chi connectivity index (χ1) is 9.70. The van der Waals surface area contributed by atoms with Crippen LogP contribution in [0.4, 0.5) is 5.69 Å². The molecule has 4 nitrogen and oxygen atoms in total. The summed E-state index contributed by atoms with van der Waals surface area (Å²) in [6.07, 6.45) is 0. The zero-order valence-corrected chi connectivity index (χ0v) is 11.5. The standard InChI is InChI=1S/C16H16N2O2/c1-17-15-13-10-12(20-11-6-4-3-5-7-11)8-9-14(13)18(2)16(15)19/h3-10,15,17H,1-2H3. The number of hydrogen-bond acceptors (Lipinski definition) is 3. The van der Waals surface area contributed by atoms with E-state index in [9.17, 15) is 4.79 Å². The maximum Gasteiger partial charge on any atom is 0.248 e. The van der Waals surface area contributed by atoms with Gasteiger partial charge in [0.05, 0.1) is 0 Å². The highest BCUT2D eigenvalue weighted by Gasteiger charge is 2.34. The summed E-state index contributed by atoms with van der Waals surface area (Å²) in [7, 11) is 3.58. The van der Waals surface area contributed by atoms with Crippen LogP contribution in [0.25, 0.3) is 0 Å². The molecule has 0 bridgehead atoms. The number of nitrogens with one attached hydrogen (secondary N) is 1. The zero-order valence-electron chi connectivity index (χ0n) is 11.5. The molecule has 0 fully saturated rings. The van der Waals surface area contributed by atoms with Gasteiger partial charge in [-0.15, -0.1) is 0 Å². The Kier molecular flexibility index (Phi) is 3.16. The molecule has 1 heterocycles. The van der Waals surface area contributed by atoms with Gasteiger partial charge in [0.1, 0.15) is 17.5 Å². The van der Waals surface area contributed by atoms with Gasteiger partial charge >= 0.3 is 0 Å². The van der Waals surface area contributed by atoms with E-state index in [1.807, 2.05) is 48.5 Å². The van der Waals surface area contributed by atoms with Gasteiger partial charge in [-0.1, -0.05) is 18.2 Å². The third-order valence-electron chi connectivity index (χ3n) is 3.52. The minimum atomic E-state index is -0.297. The van der Waals surface area contributed by atoms with Crippen molar-refractivity contribution in [3.05, 3.63) is 54.1 Å². The molecule has 0 radical (unpaired) electrons. The average Bonchev–Trinajstić information content (AvgIpc) is 2.71. The van der Waals surface area contributed by atoms with Crippen LogP contribution in [0.15, 0.2) is 48.5 Å². The van der Waals surface area contributed by atoms with Gasteiger partial charge in [0, 0.05) is 18.3 Å². The quantitative estimate of drug-likeness (QED) is 0.930. The lowest BCUT2D eigenvalue weighted by Gasteiger charge is -2.10. The number of carbonyl (C=O) groups excluding carboxylic acids is 1. The summed E-state index contributed by atoms with van der Waals surface area (Å²) < 4.78 is 5.81. The van der Waals surface area contributed by atoms with E-state index in [1.165, 1.54) is 0 Å². The number of likely N-dealkylation sites (N-methyl/N-ethyl adjacent to an activating group) is 2. The highest BCUT2D eigenvalue weighted by atomic mass is 16.5. The van der Waals surface area contributed by atoms with E-state index in [2.05, 4.69) is 5.32 Å². The lowest BCUT2D eigenvalue weighted by Crippen LogP contribution is -2.30. The fraction of sp³-hybridized carbons (Fsp3) is 0.188. The van der Waals surface area contributed by atoms with Gasteiger partial charge in [0.25, 0.3) is 0 Å². The van der Waals surface area contributed by atoms with Gasteiger partial charge in [-0.3, -0.25) is 4.79 Å². The topological polar surface area (TPSA) is 41.6 Å². The van der Waals surface area contributed by atoms with Crippen LogP contribution in [-0.4, -0.2) is 20.0 Å². The number of benzene rings is 2. The monoisotopic (exact) mass is 268 g/mol. The molecule has 3 rings (SSSR count). The van der Waals surface area contributed by atoms with Crippen LogP contribution < -0.4 is 15.0 Å². The Balaban J connectivity index is 1.94. The predicted molar refractivity (Wildman–Crippen MR) is 78.2 cm³/mol. The molecule has 4 heteroatoms. The van der Waals surface area contributed by atoms with Gasteiger partial charge < -0.3 is 15.0 Å². The smallest absolute Gasteiger partial charge is 0.248 e. The number of hydrogen-bond donors (Lipinski definition) is 1. The van der Waals surface area contributed by atoms with E-state index >= 15 is 0 Å². The first-order valence-corrected chi connectivity index (χ1v) is 6.52. The van der Waals surface area contributed by atoms with Gasteiger partial charge in [-0.25, -0.2) is 0 Å². The molecular weight excluding hydrogens is 252 g/mol. The number of nitrogens with zero attached hydrogens (tertiary/aromatic N) is 1. The maximum absolute atomic E-state index is 12.1. The summed E-state index contributed by atoms with van der Waals surface area (Å²) in [6, 6.07) is 15.0. The number of anilines is 1. The second-order valence-electron chi connectivity index (χ2n) is 4.75. The molecule has 0 aliphatic carbocycles. The van der Waals surface area contributed by atoms with Crippen molar-refractivity contribution in [2.45, 2.75) is 6.04 Å². The lowest BCUT2D eigenvalue weighted by molar-refractivity contribution is -0.119. The number of amides is 1. The van der Waals surface area contributed by atoms with Gasteiger partial charge in [-0.05, 0) is 37.4 Å². The Hall–Kier alpha value is -2.33. The molecule has 20 heavy (non-hydrogen) atoms. The third kappa shape index (κ3) is 2.04. The Morgan fingerprint density at radius 2 is 1.85 bits per heavy atom. The average molecular weight is 268 g/mol. The van der Waals surface area contributed by atoms with Crippen molar-refractivity contribution in [2.75, 3.05) is 19.0 Å². The molecule has 1 amide bonds. The largest absolute Gasteiger partial charge is 0.457 e.